The summed E-state index contributed by atoms with van der Waals surface area (Å²) >= 11 is 10.3. The van der Waals surface area contributed by atoms with Gasteiger partial charge in [-0.2, -0.15) is 0 Å². The maximum absolute atomic E-state index is 11.8. The van der Waals surface area contributed by atoms with Gasteiger partial charge in [-0.1, -0.05) is 15.9 Å². The highest BCUT2D eigenvalue weighted by molar-refractivity contribution is 9.11. The van der Waals surface area contributed by atoms with Crippen molar-refractivity contribution in [2.24, 2.45) is 5.92 Å². The standard InChI is InChI=1S/C12H13Br3N2O/c13-8-3-9(14)12(10(15)4-8)17-11(18)6-16-5-7-1-2-7/h3-4,7,16H,1-2,5-6H2,(H,17,18). The fourth-order valence-electron chi connectivity index (χ4n) is 1.56. The number of rotatable bonds is 5. The molecule has 18 heavy (non-hydrogen) atoms. The van der Waals surface area contributed by atoms with E-state index in [4.69, 9.17) is 0 Å². The zero-order chi connectivity index (χ0) is 13.1. The summed E-state index contributed by atoms with van der Waals surface area (Å²) in [5, 5.41) is 6.05. The third-order valence-electron chi connectivity index (χ3n) is 2.69. The van der Waals surface area contributed by atoms with Gasteiger partial charge in [-0.15, -0.1) is 0 Å². The Kier molecular flexibility index (Phi) is 5.24. The lowest BCUT2D eigenvalue weighted by molar-refractivity contribution is -0.115. The predicted octanol–water partition coefficient (Wildman–Crippen LogP) is 3.91. The van der Waals surface area contributed by atoms with Gasteiger partial charge in [0.05, 0.1) is 12.2 Å². The summed E-state index contributed by atoms with van der Waals surface area (Å²) in [5.41, 5.74) is 0.761. The van der Waals surface area contributed by atoms with Crippen LogP contribution in [0.3, 0.4) is 0 Å². The van der Waals surface area contributed by atoms with E-state index in [0.29, 0.717) is 6.54 Å². The number of nitrogens with one attached hydrogen (secondary N) is 2. The van der Waals surface area contributed by atoms with E-state index < -0.39 is 0 Å². The molecule has 1 saturated carbocycles. The van der Waals surface area contributed by atoms with E-state index in [1.54, 1.807) is 0 Å². The van der Waals surface area contributed by atoms with Gasteiger partial charge in [-0.3, -0.25) is 4.79 Å². The molecule has 1 aromatic rings. The average molecular weight is 441 g/mol. The monoisotopic (exact) mass is 438 g/mol. The largest absolute Gasteiger partial charge is 0.323 e. The molecular formula is C12H13Br3N2O. The summed E-state index contributed by atoms with van der Waals surface area (Å²) in [4.78, 5) is 11.8. The highest BCUT2D eigenvalue weighted by Crippen LogP contribution is 2.34. The smallest absolute Gasteiger partial charge is 0.238 e. The van der Waals surface area contributed by atoms with Crippen molar-refractivity contribution in [3.63, 3.8) is 0 Å². The van der Waals surface area contributed by atoms with Crippen molar-refractivity contribution in [2.45, 2.75) is 12.8 Å². The normalized spacial score (nSPS) is 14.6. The van der Waals surface area contributed by atoms with Crippen molar-refractivity contribution in [1.82, 2.24) is 5.32 Å². The Labute approximate surface area is 131 Å². The summed E-state index contributed by atoms with van der Waals surface area (Å²) in [5.74, 6) is 0.753. The molecule has 1 amide bonds. The van der Waals surface area contributed by atoms with E-state index in [1.807, 2.05) is 12.1 Å². The van der Waals surface area contributed by atoms with Crippen molar-refractivity contribution in [1.29, 1.82) is 0 Å². The Bertz CT molecular complexity index is 438. The number of carbonyl (C=O) groups excluding carboxylic acids is 1. The fraction of sp³-hybridized carbons (Fsp3) is 0.417. The molecule has 2 rings (SSSR count). The minimum atomic E-state index is -0.0284. The highest BCUT2D eigenvalue weighted by atomic mass is 79.9. The van der Waals surface area contributed by atoms with Crippen LogP contribution in [-0.2, 0) is 4.79 Å². The summed E-state index contributed by atoms with van der Waals surface area (Å²) < 4.78 is 2.64. The zero-order valence-corrected chi connectivity index (χ0v) is 14.4. The van der Waals surface area contributed by atoms with Crippen LogP contribution in [0.2, 0.25) is 0 Å². The molecule has 0 heterocycles. The molecular weight excluding hydrogens is 428 g/mol. The molecule has 0 atom stereocenters. The molecule has 0 saturated heterocycles. The number of amides is 1. The fourth-order valence-corrected chi connectivity index (χ4v) is 4.01. The van der Waals surface area contributed by atoms with E-state index in [9.17, 15) is 4.79 Å². The van der Waals surface area contributed by atoms with Crippen LogP contribution in [0.5, 0.6) is 0 Å². The first-order valence-electron chi connectivity index (χ1n) is 5.71. The van der Waals surface area contributed by atoms with Gasteiger partial charge in [-0.25, -0.2) is 0 Å². The van der Waals surface area contributed by atoms with Crippen molar-refractivity contribution < 1.29 is 4.79 Å². The van der Waals surface area contributed by atoms with Crippen LogP contribution in [0.4, 0.5) is 5.69 Å². The quantitative estimate of drug-likeness (QED) is 0.728. The van der Waals surface area contributed by atoms with Crippen LogP contribution in [-0.4, -0.2) is 19.0 Å². The second kappa shape index (κ2) is 6.50. The number of anilines is 1. The van der Waals surface area contributed by atoms with Gasteiger partial charge in [0.1, 0.15) is 0 Å². The maximum Gasteiger partial charge on any atom is 0.238 e. The Hall–Kier alpha value is 0.0900. The first-order valence-corrected chi connectivity index (χ1v) is 8.09. The van der Waals surface area contributed by atoms with Gasteiger partial charge in [-0.05, 0) is 69.3 Å². The molecule has 1 aliphatic rings. The first-order chi connectivity index (χ1) is 8.56. The van der Waals surface area contributed by atoms with Crippen LogP contribution < -0.4 is 10.6 Å². The van der Waals surface area contributed by atoms with Gasteiger partial charge in [0.15, 0.2) is 0 Å². The number of benzene rings is 1. The van der Waals surface area contributed by atoms with Crippen molar-refractivity contribution in [3.8, 4) is 0 Å². The van der Waals surface area contributed by atoms with Crippen LogP contribution >= 0.6 is 47.8 Å². The van der Waals surface area contributed by atoms with Gasteiger partial charge >= 0.3 is 0 Å². The molecule has 0 aliphatic heterocycles. The van der Waals surface area contributed by atoms with Gasteiger partial charge < -0.3 is 10.6 Å². The first kappa shape index (κ1) is 14.5. The lowest BCUT2D eigenvalue weighted by Gasteiger charge is -2.10. The van der Waals surface area contributed by atoms with E-state index >= 15 is 0 Å². The molecule has 98 valence electrons. The van der Waals surface area contributed by atoms with E-state index in [1.165, 1.54) is 12.8 Å². The topological polar surface area (TPSA) is 41.1 Å². The summed E-state index contributed by atoms with van der Waals surface area (Å²) in [6.45, 7) is 1.29. The molecule has 0 radical (unpaired) electrons. The summed E-state index contributed by atoms with van der Waals surface area (Å²) in [6, 6.07) is 3.80. The Morgan fingerprint density at radius 3 is 2.39 bits per heavy atom. The molecule has 1 aliphatic carbocycles. The molecule has 0 aromatic heterocycles. The maximum atomic E-state index is 11.8. The molecule has 1 aromatic carbocycles. The number of carbonyl (C=O) groups is 1. The lowest BCUT2D eigenvalue weighted by atomic mass is 10.3. The number of halogens is 3. The van der Waals surface area contributed by atoms with Crippen molar-refractivity contribution >= 4 is 59.4 Å². The van der Waals surface area contributed by atoms with E-state index in [0.717, 1.165) is 31.6 Å². The molecule has 2 N–H and O–H groups in total. The predicted molar refractivity (Wildman–Crippen MR) is 83.8 cm³/mol. The molecule has 1 fully saturated rings. The van der Waals surface area contributed by atoms with E-state index in [2.05, 4.69) is 58.4 Å². The molecule has 0 unspecified atom stereocenters. The Morgan fingerprint density at radius 2 is 1.83 bits per heavy atom. The van der Waals surface area contributed by atoms with Crippen LogP contribution in [0.1, 0.15) is 12.8 Å². The van der Waals surface area contributed by atoms with Gasteiger partial charge in [0.25, 0.3) is 0 Å². The SMILES string of the molecule is O=C(CNCC1CC1)Nc1c(Br)cc(Br)cc1Br. The zero-order valence-electron chi connectivity index (χ0n) is 9.60. The second-order valence-electron chi connectivity index (χ2n) is 4.37. The molecule has 3 nitrogen and oxygen atoms in total. The van der Waals surface area contributed by atoms with Crippen LogP contribution in [0.25, 0.3) is 0 Å². The number of hydrogen-bond acceptors (Lipinski definition) is 2. The highest BCUT2D eigenvalue weighted by Gasteiger charge is 2.20. The minimum absolute atomic E-state index is 0.0284. The van der Waals surface area contributed by atoms with Crippen molar-refractivity contribution in [2.75, 3.05) is 18.4 Å². The minimum Gasteiger partial charge on any atom is -0.323 e. The average Bonchev–Trinajstić information content (AvgIpc) is 3.07. The van der Waals surface area contributed by atoms with Gasteiger partial charge in [0, 0.05) is 13.4 Å². The summed E-state index contributed by atoms with van der Waals surface area (Å²) in [6.07, 6.45) is 2.58. The summed E-state index contributed by atoms with van der Waals surface area (Å²) in [7, 11) is 0. The number of hydrogen-bond donors (Lipinski definition) is 2. The van der Waals surface area contributed by atoms with Crippen LogP contribution in [0, 0.1) is 5.92 Å². The third kappa shape index (κ3) is 4.33. The van der Waals surface area contributed by atoms with Gasteiger partial charge in [0.2, 0.25) is 5.91 Å². The second-order valence-corrected chi connectivity index (χ2v) is 6.99. The Balaban J connectivity index is 1.89. The third-order valence-corrected chi connectivity index (χ3v) is 4.40. The Morgan fingerprint density at radius 1 is 1.22 bits per heavy atom. The van der Waals surface area contributed by atoms with Crippen molar-refractivity contribution in [3.05, 3.63) is 25.6 Å². The van der Waals surface area contributed by atoms with Crippen LogP contribution in [0.15, 0.2) is 25.6 Å². The lowest BCUT2D eigenvalue weighted by Crippen LogP contribution is -2.29. The molecule has 0 spiro atoms. The molecule has 0 bridgehead atoms. The molecule has 6 heteroatoms. The van der Waals surface area contributed by atoms with E-state index in [-0.39, 0.29) is 5.91 Å².